The molecule has 9 heteroatoms. The molecule has 0 bridgehead atoms. The number of ether oxygens (including phenoxy) is 2. The molecular weight excluding hydrogens is 531 g/mol. The maximum Gasteiger partial charge on any atom is 0.307 e. The Balaban J connectivity index is 1.78. The van der Waals surface area contributed by atoms with Gasteiger partial charge in [0.1, 0.15) is 5.58 Å². The molecule has 0 aliphatic heterocycles. The molecule has 140 valence electrons. The van der Waals surface area contributed by atoms with Crippen LogP contribution in [-0.2, 0) is 0 Å². The van der Waals surface area contributed by atoms with Crippen LogP contribution in [0.25, 0.3) is 11.0 Å². The van der Waals surface area contributed by atoms with Crippen molar-refractivity contribution in [2.45, 2.75) is 0 Å². The van der Waals surface area contributed by atoms with Crippen molar-refractivity contribution in [3.63, 3.8) is 0 Å². The highest BCUT2D eigenvalue weighted by Crippen LogP contribution is 2.36. The predicted octanol–water partition coefficient (Wildman–Crippen LogP) is 4.29. The van der Waals surface area contributed by atoms with Gasteiger partial charge in [-0.05, 0) is 52.9 Å². The van der Waals surface area contributed by atoms with Crippen molar-refractivity contribution in [2.24, 2.45) is 5.10 Å². The van der Waals surface area contributed by atoms with Gasteiger partial charge in [0.25, 0.3) is 0 Å². The molecule has 0 radical (unpaired) electrons. The highest BCUT2D eigenvalue weighted by Gasteiger charge is 2.14. The number of hydrogen-bond acceptors (Lipinski definition) is 6. The summed E-state index contributed by atoms with van der Waals surface area (Å²) >= 11 is 5.56. The third kappa shape index (κ3) is 4.19. The van der Waals surface area contributed by atoms with E-state index in [1.165, 1.54) is 20.4 Å². The van der Waals surface area contributed by atoms with Crippen LogP contribution in [0.2, 0.25) is 0 Å². The predicted molar refractivity (Wildman–Crippen MR) is 113 cm³/mol. The Hall–Kier alpha value is -2.27. The molecule has 0 fully saturated rings. The van der Waals surface area contributed by atoms with E-state index in [1.807, 2.05) is 12.1 Å². The molecule has 27 heavy (non-hydrogen) atoms. The van der Waals surface area contributed by atoms with Gasteiger partial charge < -0.3 is 19.0 Å². The number of furan rings is 1. The third-order valence-electron chi connectivity index (χ3n) is 3.64. The number of hydrazone groups is 1. The molecule has 0 spiro atoms. The second kappa shape index (κ2) is 8.17. The number of rotatable bonds is 5. The molecule has 0 saturated heterocycles. The van der Waals surface area contributed by atoms with Gasteiger partial charge in [-0.15, -0.1) is 0 Å². The maximum absolute atomic E-state index is 12.3. The highest BCUT2D eigenvalue weighted by atomic mass is 127. The number of carbonyl (C=O) groups is 1. The summed E-state index contributed by atoms with van der Waals surface area (Å²) < 4.78 is 17.6. The van der Waals surface area contributed by atoms with Gasteiger partial charge in [-0.25, -0.2) is 5.43 Å². The Morgan fingerprint density at radius 1 is 1.22 bits per heavy atom. The van der Waals surface area contributed by atoms with E-state index in [4.69, 9.17) is 13.9 Å². The van der Waals surface area contributed by atoms with Crippen LogP contribution in [0.5, 0.6) is 17.2 Å². The second-order valence-electron chi connectivity index (χ2n) is 5.39. The van der Waals surface area contributed by atoms with Gasteiger partial charge in [-0.2, -0.15) is 5.10 Å². The van der Waals surface area contributed by atoms with Crippen LogP contribution in [-0.4, -0.2) is 31.4 Å². The smallest absolute Gasteiger partial charge is 0.307 e. The summed E-state index contributed by atoms with van der Waals surface area (Å²) in [5, 5.41) is 14.6. The normalized spacial score (nSPS) is 11.1. The molecule has 2 aromatic carbocycles. The van der Waals surface area contributed by atoms with Crippen LogP contribution in [0.1, 0.15) is 16.1 Å². The van der Waals surface area contributed by atoms with Gasteiger partial charge in [-0.3, -0.25) is 4.79 Å². The van der Waals surface area contributed by atoms with E-state index < -0.39 is 5.91 Å². The van der Waals surface area contributed by atoms with E-state index in [0.29, 0.717) is 11.1 Å². The number of phenols is 1. The monoisotopic (exact) mass is 544 g/mol. The summed E-state index contributed by atoms with van der Waals surface area (Å²) in [4.78, 5) is 12.3. The summed E-state index contributed by atoms with van der Waals surface area (Å²) in [7, 11) is 2.86. The summed E-state index contributed by atoms with van der Waals surface area (Å²) in [6.45, 7) is 0. The van der Waals surface area contributed by atoms with Crippen molar-refractivity contribution in [2.75, 3.05) is 14.2 Å². The molecular formula is C18H14BrIN2O5. The first-order valence-corrected chi connectivity index (χ1v) is 9.47. The number of halogens is 2. The lowest BCUT2D eigenvalue weighted by Gasteiger charge is -2.09. The summed E-state index contributed by atoms with van der Waals surface area (Å²) in [5.41, 5.74) is 3.62. The van der Waals surface area contributed by atoms with Gasteiger partial charge in [0.05, 0.1) is 24.0 Å². The van der Waals surface area contributed by atoms with Crippen LogP contribution < -0.4 is 14.9 Å². The van der Waals surface area contributed by atoms with Gasteiger partial charge in [0.2, 0.25) is 5.75 Å². The topological polar surface area (TPSA) is 93.3 Å². The van der Waals surface area contributed by atoms with Crippen LogP contribution in [0.15, 0.2) is 44.3 Å². The van der Waals surface area contributed by atoms with Crippen molar-refractivity contribution >= 4 is 61.6 Å². The van der Waals surface area contributed by atoms with E-state index >= 15 is 0 Å². The number of methoxy groups -OCH3 is 2. The second-order valence-corrected chi connectivity index (χ2v) is 7.47. The zero-order valence-corrected chi connectivity index (χ0v) is 18.0. The number of nitrogens with one attached hydrogen (secondary N) is 1. The molecule has 2 N–H and O–H groups in total. The Morgan fingerprint density at radius 3 is 2.52 bits per heavy atom. The Kier molecular flexibility index (Phi) is 5.90. The average molecular weight is 545 g/mol. The number of phenolic OH excluding ortho intramolecular Hbond substituents is 1. The fraction of sp³-hybridized carbons (Fsp3) is 0.111. The SMILES string of the molecule is COc1cc(/C=N\NC(=O)c2cc3cc(Br)cc(I)c3o2)cc(OC)c1O. The minimum atomic E-state index is -0.480. The van der Waals surface area contributed by atoms with Crippen molar-refractivity contribution in [1.29, 1.82) is 0 Å². The number of carbonyl (C=O) groups excluding carboxylic acids is 1. The minimum absolute atomic E-state index is 0.107. The zero-order chi connectivity index (χ0) is 19.6. The first-order valence-electron chi connectivity index (χ1n) is 7.60. The van der Waals surface area contributed by atoms with Crippen molar-refractivity contribution in [3.8, 4) is 17.2 Å². The fourth-order valence-corrected chi connectivity index (χ4v) is 4.06. The number of aromatic hydroxyl groups is 1. The standard InChI is InChI=1S/C18H14BrIN2O5/c1-25-13-3-9(4-14(26-2)16(13)23)8-21-22-18(24)15-6-10-5-11(19)7-12(20)17(10)27-15/h3-8,23H,1-2H3,(H,22,24)/b21-8-. The van der Waals surface area contributed by atoms with Crippen LogP contribution in [0, 0.1) is 3.57 Å². The number of nitrogens with zero attached hydrogens (tertiary/aromatic N) is 1. The molecule has 3 aromatic rings. The Bertz CT molecular complexity index is 1020. The van der Waals surface area contributed by atoms with Crippen LogP contribution >= 0.6 is 38.5 Å². The van der Waals surface area contributed by atoms with E-state index in [0.717, 1.165) is 13.4 Å². The molecule has 7 nitrogen and oxygen atoms in total. The lowest BCUT2D eigenvalue weighted by molar-refractivity contribution is 0.0929. The number of fused-ring (bicyclic) bond motifs is 1. The van der Waals surface area contributed by atoms with E-state index in [-0.39, 0.29) is 23.0 Å². The number of hydrogen-bond donors (Lipinski definition) is 2. The molecule has 0 unspecified atom stereocenters. The Labute approximate surface area is 176 Å². The van der Waals surface area contributed by atoms with E-state index in [9.17, 15) is 9.90 Å². The molecule has 1 aromatic heterocycles. The van der Waals surface area contributed by atoms with Gasteiger partial charge in [-0.1, -0.05) is 15.9 Å². The van der Waals surface area contributed by atoms with E-state index in [1.54, 1.807) is 18.2 Å². The molecule has 0 aliphatic carbocycles. The molecule has 1 amide bonds. The van der Waals surface area contributed by atoms with Crippen molar-refractivity contribution in [1.82, 2.24) is 5.43 Å². The lowest BCUT2D eigenvalue weighted by atomic mass is 10.2. The summed E-state index contributed by atoms with van der Waals surface area (Å²) in [5.74, 6) is 0.0365. The number of amides is 1. The van der Waals surface area contributed by atoms with Gasteiger partial charge in [0.15, 0.2) is 17.3 Å². The molecule has 0 atom stereocenters. The Morgan fingerprint density at radius 2 is 1.89 bits per heavy atom. The van der Waals surface area contributed by atoms with E-state index in [2.05, 4.69) is 49.0 Å². The summed E-state index contributed by atoms with van der Waals surface area (Å²) in [6, 6.07) is 8.55. The summed E-state index contributed by atoms with van der Waals surface area (Å²) in [6.07, 6.45) is 1.41. The highest BCUT2D eigenvalue weighted by molar-refractivity contribution is 14.1. The van der Waals surface area contributed by atoms with Crippen molar-refractivity contribution < 1.29 is 23.8 Å². The first kappa shape index (κ1) is 19.5. The largest absolute Gasteiger partial charge is 0.502 e. The average Bonchev–Trinajstić information content (AvgIpc) is 3.07. The first-order chi connectivity index (χ1) is 12.9. The lowest BCUT2D eigenvalue weighted by Crippen LogP contribution is -2.16. The van der Waals surface area contributed by atoms with Gasteiger partial charge in [0, 0.05) is 15.4 Å². The molecule has 0 aliphatic rings. The fourth-order valence-electron chi connectivity index (χ4n) is 2.40. The minimum Gasteiger partial charge on any atom is -0.502 e. The molecule has 3 rings (SSSR count). The quantitative estimate of drug-likeness (QED) is 0.284. The van der Waals surface area contributed by atoms with Crippen LogP contribution in [0.3, 0.4) is 0 Å². The molecule has 0 saturated carbocycles. The maximum atomic E-state index is 12.3. The van der Waals surface area contributed by atoms with Crippen molar-refractivity contribution in [3.05, 3.63) is 49.7 Å². The molecule has 1 heterocycles. The van der Waals surface area contributed by atoms with Crippen LogP contribution in [0.4, 0.5) is 0 Å². The van der Waals surface area contributed by atoms with Gasteiger partial charge >= 0.3 is 5.91 Å². The third-order valence-corrected chi connectivity index (χ3v) is 4.90. The number of benzene rings is 2. The zero-order valence-electron chi connectivity index (χ0n) is 14.2.